The molecule has 2 fully saturated rings. The van der Waals surface area contributed by atoms with Gasteiger partial charge in [0.05, 0.1) is 19.3 Å². The zero-order chi connectivity index (χ0) is 10.2. The van der Waals surface area contributed by atoms with Crippen LogP contribution in [0, 0.1) is 0 Å². The van der Waals surface area contributed by atoms with Gasteiger partial charge >= 0.3 is 0 Å². The summed E-state index contributed by atoms with van der Waals surface area (Å²) in [6.45, 7) is 3.29. The molecule has 80 valence electrons. The van der Waals surface area contributed by atoms with Gasteiger partial charge in [0.15, 0.2) is 0 Å². The van der Waals surface area contributed by atoms with Gasteiger partial charge in [0.1, 0.15) is 0 Å². The van der Waals surface area contributed by atoms with Gasteiger partial charge in [0, 0.05) is 22.1 Å². The zero-order valence-corrected chi connectivity index (χ0v) is 10.1. The maximum Gasteiger partial charge on any atom is 0.0629 e. The quantitative estimate of drug-likeness (QED) is 0.245. The molecule has 0 N–H and O–H groups in total. The minimum atomic E-state index is 0.0972. The molecule has 14 heavy (non-hydrogen) atoms. The standard InChI is InChI=1S/C4H7IO.C4H7N3O/c5-4-1-2-6-3-4;5-7-6-4-1-2-8-3-4/h4H,1-3H2;4H,1-3H2. The van der Waals surface area contributed by atoms with Crippen molar-refractivity contribution in [2.24, 2.45) is 5.11 Å². The first-order chi connectivity index (χ1) is 6.83. The highest BCUT2D eigenvalue weighted by Gasteiger charge is 2.12. The van der Waals surface area contributed by atoms with Gasteiger partial charge in [-0.05, 0) is 18.4 Å². The highest BCUT2D eigenvalue weighted by Crippen LogP contribution is 2.12. The summed E-state index contributed by atoms with van der Waals surface area (Å²) in [6, 6.07) is 0.0972. The summed E-state index contributed by atoms with van der Waals surface area (Å²) in [4.78, 5) is 2.66. The molecule has 2 saturated heterocycles. The second-order valence-electron chi connectivity index (χ2n) is 3.18. The summed E-state index contributed by atoms with van der Waals surface area (Å²) < 4.78 is 10.8. The number of nitrogens with zero attached hydrogens (tertiary/aromatic N) is 3. The second kappa shape index (κ2) is 7.28. The number of ether oxygens (including phenoxy) is 2. The Morgan fingerprint density at radius 1 is 1.21 bits per heavy atom. The van der Waals surface area contributed by atoms with E-state index in [2.05, 4.69) is 32.6 Å². The monoisotopic (exact) mass is 311 g/mol. The Balaban J connectivity index is 0.000000146. The molecule has 2 rings (SSSR count). The van der Waals surface area contributed by atoms with Gasteiger partial charge in [-0.3, -0.25) is 0 Å². The fourth-order valence-corrected chi connectivity index (χ4v) is 1.70. The Kier molecular flexibility index (Phi) is 6.25. The molecule has 0 bridgehead atoms. The molecule has 0 radical (unpaired) electrons. The number of hydrogen-bond donors (Lipinski definition) is 0. The average Bonchev–Trinajstić information content (AvgIpc) is 2.79. The van der Waals surface area contributed by atoms with Crippen molar-refractivity contribution in [1.29, 1.82) is 0 Å². The minimum Gasteiger partial charge on any atom is -0.381 e. The number of azide groups is 1. The van der Waals surface area contributed by atoms with Crippen LogP contribution in [0.4, 0.5) is 0 Å². The van der Waals surface area contributed by atoms with Crippen LogP contribution >= 0.6 is 22.6 Å². The highest BCUT2D eigenvalue weighted by atomic mass is 127. The summed E-state index contributed by atoms with van der Waals surface area (Å²) in [5.74, 6) is 0. The topological polar surface area (TPSA) is 67.2 Å². The van der Waals surface area contributed by atoms with Crippen molar-refractivity contribution in [3.05, 3.63) is 10.4 Å². The van der Waals surface area contributed by atoms with Crippen molar-refractivity contribution in [2.45, 2.75) is 22.8 Å². The van der Waals surface area contributed by atoms with E-state index in [0.717, 1.165) is 30.2 Å². The van der Waals surface area contributed by atoms with Gasteiger partial charge in [-0.15, -0.1) is 0 Å². The summed E-state index contributed by atoms with van der Waals surface area (Å²) >= 11 is 2.41. The fourth-order valence-electron chi connectivity index (χ4n) is 1.19. The van der Waals surface area contributed by atoms with E-state index >= 15 is 0 Å². The van der Waals surface area contributed by atoms with E-state index in [1.54, 1.807) is 0 Å². The maximum absolute atomic E-state index is 7.93. The van der Waals surface area contributed by atoms with E-state index in [1.165, 1.54) is 6.42 Å². The van der Waals surface area contributed by atoms with Gasteiger partial charge in [-0.25, -0.2) is 0 Å². The normalized spacial score (nSPS) is 30.4. The van der Waals surface area contributed by atoms with Crippen LogP contribution in [0.2, 0.25) is 0 Å². The predicted octanol–water partition coefficient (Wildman–Crippen LogP) is 2.30. The van der Waals surface area contributed by atoms with E-state index in [4.69, 9.17) is 15.0 Å². The Labute approximate surface area is 96.9 Å². The van der Waals surface area contributed by atoms with Crippen LogP contribution in [0.3, 0.4) is 0 Å². The second-order valence-corrected chi connectivity index (χ2v) is 4.94. The largest absolute Gasteiger partial charge is 0.381 e. The first-order valence-electron chi connectivity index (χ1n) is 4.66. The van der Waals surface area contributed by atoms with E-state index in [1.807, 2.05) is 0 Å². The lowest BCUT2D eigenvalue weighted by Gasteiger charge is -1.90. The van der Waals surface area contributed by atoms with Crippen molar-refractivity contribution in [1.82, 2.24) is 0 Å². The molecule has 6 heteroatoms. The lowest BCUT2D eigenvalue weighted by molar-refractivity contribution is 0.194. The molecule has 2 heterocycles. The van der Waals surface area contributed by atoms with Gasteiger partial charge in [0.2, 0.25) is 0 Å². The Morgan fingerprint density at radius 2 is 1.93 bits per heavy atom. The third-order valence-corrected chi connectivity index (χ3v) is 2.98. The first-order valence-corrected chi connectivity index (χ1v) is 5.91. The van der Waals surface area contributed by atoms with Crippen molar-refractivity contribution in [3.8, 4) is 0 Å². The maximum atomic E-state index is 7.93. The highest BCUT2D eigenvalue weighted by molar-refractivity contribution is 14.1. The van der Waals surface area contributed by atoms with Gasteiger partial charge in [-0.2, -0.15) is 0 Å². The number of alkyl halides is 1. The molecule has 2 aliphatic heterocycles. The molecule has 0 aromatic heterocycles. The van der Waals surface area contributed by atoms with Crippen LogP contribution in [0.1, 0.15) is 12.8 Å². The number of hydrogen-bond acceptors (Lipinski definition) is 3. The number of halogens is 1. The number of rotatable bonds is 1. The zero-order valence-electron chi connectivity index (χ0n) is 7.93. The van der Waals surface area contributed by atoms with Gasteiger partial charge < -0.3 is 9.47 Å². The van der Waals surface area contributed by atoms with Crippen LogP contribution in [0.15, 0.2) is 5.11 Å². The fraction of sp³-hybridized carbons (Fsp3) is 1.00. The summed E-state index contributed by atoms with van der Waals surface area (Å²) in [5, 5.41) is 3.48. The van der Waals surface area contributed by atoms with E-state index < -0.39 is 0 Å². The van der Waals surface area contributed by atoms with Crippen LogP contribution in [0.5, 0.6) is 0 Å². The molecule has 0 saturated carbocycles. The molecule has 5 nitrogen and oxygen atoms in total. The van der Waals surface area contributed by atoms with E-state index in [9.17, 15) is 0 Å². The smallest absolute Gasteiger partial charge is 0.0629 e. The Hall–Kier alpha value is -0.0400. The van der Waals surface area contributed by atoms with Crippen molar-refractivity contribution >= 4 is 22.6 Å². The molecule has 0 aromatic rings. The van der Waals surface area contributed by atoms with Crippen molar-refractivity contribution in [3.63, 3.8) is 0 Å². The van der Waals surface area contributed by atoms with Crippen LogP contribution < -0.4 is 0 Å². The SMILES string of the molecule is IC1CCOC1.[N-]=[N+]=NC1CCOC1. The van der Waals surface area contributed by atoms with Crippen molar-refractivity contribution in [2.75, 3.05) is 26.4 Å². The molecule has 0 amide bonds. The molecule has 2 unspecified atom stereocenters. The Morgan fingerprint density at radius 3 is 2.29 bits per heavy atom. The summed E-state index contributed by atoms with van der Waals surface area (Å²) in [7, 11) is 0. The molecule has 0 aliphatic carbocycles. The minimum absolute atomic E-state index is 0.0972. The third kappa shape index (κ3) is 4.99. The van der Waals surface area contributed by atoms with Gasteiger partial charge in [-0.1, -0.05) is 27.7 Å². The lowest BCUT2D eigenvalue weighted by Crippen LogP contribution is -1.99. The molecule has 2 aliphatic rings. The molecular formula is C8H14IN3O2. The lowest BCUT2D eigenvalue weighted by atomic mass is 10.3. The third-order valence-electron chi connectivity index (χ3n) is 1.99. The van der Waals surface area contributed by atoms with E-state index in [0.29, 0.717) is 6.61 Å². The summed E-state index contributed by atoms with van der Waals surface area (Å²) in [5.41, 5.74) is 7.93. The molecular weight excluding hydrogens is 297 g/mol. The molecule has 0 spiro atoms. The van der Waals surface area contributed by atoms with Gasteiger partial charge in [0.25, 0.3) is 0 Å². The first kappa shape index (κ1) is 12.0. The summed E-state index contributed by atoms with van der Waals surface area (Å²) in [6.07, 6.45) is 2.13. The molecule has 0 aromatic carbocycles. The van der Waals surface area contributed by atoms with Crippen molar-refractivity contribution < 1.29 is 9.47 Å². The van der Waals surface area contributed by atoms with Crippen LogP contribution in [-0.4, -0.2) is 36.4 Å². The Bertz CT molecular complexity index is 197. The predicted molar refractivity (Wildman–Crippen MR) is 61.6 cm³/mol. The average molecular weight is 311 g/mol. The van der Waals surface area contributed by atoms with E-state index in [-0.39, 0.29) is 6.04 Å². The van der Waals surface area contributed by atoms with Crippen LogP contribution in [0.25, 0.3) is 10.4 Å². The molecule has 2 atom stereocenters. The van der Waals surface area contributed by atoms with Crippen LogP contribution in [-0.2, 0) is 9.47 Å².